The second kappa shape index (κ2) is 8.99. The van der Waals surface area contributed by atoms with Crippen LogP contribution in [0.5, 0.6) is 11.5 Å². The van der Waals surface area contributed by atoms with E-state index < -0.39 is 0 Å². The van der Waals surface area contributed by atoms with Gasteiger partial charge in [-0.1, -0.05) is 24.3 Å². The number of ether oxygens (including phenoxy) is 2. The molecule has 4 aromatic rings. The van der Waals surface area contributed by atoms with Gasteiger partial charge >= 0.3 is 0 Å². The maximum absolute atomic E-state index is 6.14. The maximum atomic E-state index is 6.14. The first-order valence-corrected chi connectivity index (χ1v) is 10.5. The molecule has 5 rings (SSSR count). The highest BCUT2D eigenvalue weighted by Crippen LogP contribution is 2.25. The molecule has 1 saturated heterocycles. The molecule has 162 valence electrons. The number of nitrogens with zero attached hydrogens (tertiary/aromatic N) is 4. The number of hydrogen-bond acceptors (Lipinski definition) is 7. The molecule has 3 N–H and O–H groups in total. The van der Waals surface area contributed by atoms with Gasteiger partial charge in [0.25, 0.3) is 0 Å². The number of benzene rings is 3. The van der Waals surface area contributed by atoms with Crippen LogP contribution in [-0.2, 0) is 4.74 Å². The Morgan fingerprint density at radius 2 is 1.59 bits per heavy atom. The van der Waals surface area contributed by atoms with Crippen molar-refractivity contribution in [2.75, 3.05) is 42.3 Å². The zero-order valence-electron chi connectivity index (χ0n) is 17.5. The maximum Gasteiger partial charge on any atom is 0.248 e. The van der Waals surface area contributed by atoms with Crippen molar-refractivity contribution in [3.63, 3.8) is 0 Å². The van der Waals surface area contributed by atoms with Crippen molar-refractivity contribution in [3.05, 3.63) is 78.9 Å². The van der Waals surface area contributed by atoms with Crippen LogP contribution in [0.4, 0.5) is 23.3 Å². The fourth-order valence-electron chi connectivity index (χ4n) is 3.58. The van der Waals surface area contributed by atoms with Crippen LogP contribution in [-0.4, -0.2) is 41.1 Å². The van der Waals surface area contributed by atoms with Crippen molar-refractivity contribution in [2.24, 2.45) is 0 Å². The van der Waals surface area contributed by atoms with Crippen LogP contribution in [0.25, 0.3) is 5.69 Å². The average molecular weight is 428 g/mol. The third kappa shape index (κ3) is 4.50. The van der Waals surface area contributed by atoms with Gasteiger partial charge in [0.15, 0.2) is 0 Å². The minimum atomic E-state index is 0.286. The Morgan fingerprint density at radius 1 is 0.844 bits per heavy atom. The number of nitrogen functional groups attached to an aromatic ring is 1. The van der Waals surface area contributed by atoms with Gasteiger partial charge in [0.2, 0.25) is 11.9 Å². The summed E-state index contributed by atoms with van der Waals surface area (Å²) in [6.45, 7) is 3.33. The molecule has 0 amide bonds. The highest BCUT2D eigenvalue weighted by atomic mass is 16.5. The van der Waals surface area contributed by atoms with Gasteiger partial charge in [0.1, 0.15) is 11.5 Å². The summed E-state index contributed by atoms with van der Waals surface area (Å²) in [5.74, 6) is 2.17. The predicted molar refractivity (Wildman–Crippen MR) is 125 cm³/mol. The van der Waals surface area contributed by atoms with E-state index in [1.807, 2.05) is 66.7 Å². The van der Waals surface area contributed by atoms with E-state index in [0.717, 1.165) is 43.4 Å². The van der Waals surface area contributed by atoms with Crippen molar-refractivity contribution in [2.45, 2.75) is 0 Å². The molecule has 0 aliphatic carbocycles. The lowest BCUT2D eigenvalue weighted by Gasteiger charge is -2.28. The lowest BCUT2D eigenvalue weighted by atomic mass is 10.2. The average Bonchev–Trinajstić information content (AvgIpc) is 3.21. The minimum Gasteiger partial charge on any atom is -0.457 e. The molecular formula is C24H24N6O2. The molecule has 8 heteroatoms. The van der Waals surface area contributed by atoms with E-state index in [1.165, 1.54) is 5.69 Å². The van der Waals surface area contributed by atoms with Gasteiger partial charge in [-0.05, 0) is 48.5 Å². The number of rotatable bonds is 6. The van der Waals surface area contributed by atoms with Crippen LogP contribution in [0.1, 0.15) is 0 Å². The standard InChI is InChI=1S/C24H24N6O2/c25-23-27-24(26-18-9-11-19(12-10-18)29-13-15-31-16-14-29)28-30(23)20-5-4-8-22(17-20)32-21-6-2-1-3-7-21/h1-12,17H,13-16H2,(H3,25,26,27,28). The molecule has 0 atom stereocenters. The molecule has 1 aliphatic heterocycles. The molecule has 0 bridgehead atoms. The van der Waals surface area contributed by atoms with E-state index in [9.17, 15) is 0 Å². The molecule has 0 saturated carbocycles. The normalized spacial score (nSPS) is 13.7. The van der Waals surface area contributed by atoms with Gasteiger partial charge in [-0.15, -0.1) is 5.10 Å². The molecule has 32 heavy (non-hydrogen) atoms. The SMILES string of the molecule is Nc1nc(Nc2ccc(N3CCOCC3)cc2)nn1-c1cccc(Oc2ccccc2)c1. The van der Waals surface area contributed by atoms with Crippen LogP contribution in [0.2, 0.25) is 0 Å². The molecular weight excluding hydrogens is 404 g/mol. The lowest BCUT2D eigenvalue weighted by molar-refractivity contribution is 0.122. The monoisotopic (exact) mass is 428 g/mol. The molecule has 8 nitrogen and oxygen atoms in total. The number of aromatic nitrogens is 3. The molecule has 3 aromatic carbocycles. The Hall–Kier alpha value is -4.04. The van der Waals surface area contributed by atoms with Gasteiger partial charge in [-0.3, -0.25) is 0 Å². The second-order valence-corrected chi connectivity index (χ2v) is 7.39. The lowest BCUT2D eigenvalue weighted by Crippen LogP contribution is -2.36. The zero-order valence-corrected chi connectivity index (χ0v) is 17.5. The Bertz CT molecular complexity index is 1170. The number of hydrogen-bond donors (Lipinski definition) is 2. The van der Waals surface area contributed by atoms with Gasteiger partial charge < -0.3 is 25.4 Å². The Morgan fingerprint density at radius 3 is 2.38 bits per heavy atom. The van der Waals surface area contributed by atoms with E-state index in [2.05, 4.69) is 32.4 Å². The van der Waals surface area contributed by atoms with Crippen LogP contribution in [0, 0.1) is 0 Å². The third-order valence-corrected chi connectivity index (χ3v) is 5.17. The molecule has 1 fully saturated rings. The summed E-state index contributed by atoms with van der Waals surface area (Å²) in [7, 11) is 0. The van der Waals surface area contributed by atoms with Gasteiger partial charge in [-0.2, -0.15) is 9.67 Å². The first-order chi connectivity index (χ1) is 15.7. The minimum absolute atomic E-state index is 0.286. The van der Waals surface area contributed by atoms with Crippen molar-refractivity contribution < 1.29 is 9.47 Å². The van der Waals surface area contributed by atoms with Crippen LogP contribution in [0.3, 0.4) is 0 Å². The van der Waals surface area contributed by atoms with Gasteiger partial charge in [0.05, 0.1) is 18.9 Å². The highest BCUT2D eigenvalue weighted by molar-refractivity contribution is 5.60. The topological polar surface area (TPSA) is 90.5 Å². The van der Waals surface area contributed by atoms with Crippen LogP contribution < -0.4 is 20.7 Å². The summed E-state index contributed by atoms with van der Waals surface area (Å²) < 4.78 is 12.9. The van der Waals surface area contributed by atoms with Gasteiger partial charge in [-0.25, -0.2) is 0 Å². The summed E-state index contributed by atoms with van der Waals surface area (Å²) in [5.41, 5.74) is 8.97. The molecule has 1 aromatic heterocycles. The van der Waals surface area contributed by atoms with Crippen LogP contribution >= 0.6 is 0 Å². The summed E-state index contributed by atoms with van der Waals surface area (Å²) in [6.07, 6.45) is 0. The Kier molecular flexibility index (Phi) is 5.59. The largest absolute Gasteiger partial charge is 0.457 e. The summed E-state index contributed by atoms with van der Waals surface area (Å²) in [5, 5.41) is 7.74. The predicted octanol–water partition coefficient (Wildman–Crippen LogP) is 4.22. The summed E-state index contributed by atoms with van der Waals surface area (Å²) in [4.78, 5) is 6.67. The number of anilines is 4. The first kappa shape index (κ1) is 19.9. The fourth-order valence-corrected chi connectivity index (χ4v) is 3.58. The Balaban J connectivity index is 1.30. The van der Waals surface area contributed by atoms with Crippen molar-refractivity contribution in [3.8, 4) is 17.2 Å². The molecule has 0 spiro atoms. The molecule has 2 heterocycles. The van der Waals surface area contributed by atoms with E-state index in [4.69, 9.17) is 15.2 Å². The first-order valence-electron chi connectivity index (χ1n) is 10.5. The summed E-state index contributed by atoms with van der Waals surface area (Å²) in [6, 6.07) is 25.4. The molecule has 1 aliphatic rings. The quantitative estimate of drug-likeness (QED) is 0.475. The Labute approximate surface area is 186 Å². The van der Waals surface area contributed by atoms with Crippen molar-refractivity contribution in [1.82, 2.24) is 14.8 Å². The number of para-hydroxylation sites is 1. The van der Waals surface area contributed by atoms with Gasteiger partial charge in [0, 0.05) is 30.5 Å². The number of nitrogens with one attached hydrogen (secondary N) is 1. The van der Waals surface area contributed by atoms with Crippen molar-refractivity contribution in [1.29, 1.82) is 0 Å². The fraction of sp³-hybridized carbons (Fsp3) is 0.167. The van der Waals surface area contributed by atoms with E-state index in [-0.39, 0.29) is 5.95 Å². The smallest absolute Gasteiger partial charge is 0.248 e. The van der Waals surface area contributed by atoms with Crippen LogP contribution in [0.15, 0.2) is 78.9 Å². The second-order valence-electron chi connectivity index (χ2n) is 7.39. The van der Waals surface area contributed by atoms with E-state index in [0.29, 0.717) is 11.7 Å². The summed E-state index contributed by atoms with van der Waals surface area (Å²) >= 11 is 0. The van der Waals surface area contributed by atoms with E-state index in [1.54, 1.807) is 4.68 Å². The molecule has 0 unspecified atom stereocenters. The number of morpholine rings is 1. The highest BCUT2D eigenvalue weighted by Gasteiger charge is 2.13. The third-order valence-electron chi connectivity index (χ3n) is 5.17. The van der Waals surface area contributed by atoms with Crippen molar-refractivity contribution >= 4 is 23.3 Å². The zero-order chi connectivity index (χ0) is 21.8. The van der Waals surface area contributed by atoms with E-state index >= 15 is 0 Å². The molecule has 0 radical (unpaired) electrons. The number of nitrogens with two attached hydrogens (primary N) is 1.